The van der Waals surface area contributed by atoms with Crippen LogP contribution in [0.25, 0.3) is 0 Å². The highest BCUT2D eigenvalue weighted by atomic mass is 32.2. The number of rotatable bonds is 12. The summed E-state index contributed by atoms with van der Waals surface area (Å²) in [5, 5.41) is 3.00. The van der Waals surface area contributed by atoms with Crippen molar-refractivity contribution in [1.82, 2.24) is 10.2 Å². The molecule has 0 aliphatic carbocycles. The molecule has 7 nitrogen and oxygen atoms in total. The van der Waals surface area contributed by atoms with Crippen LogP contribution in [0.15, 0.2) is 83.8 Å². The maximum absolute atomic E-state index is 14.1. The first kappa shape index (κ1) is 29.9. The van der Waals surface area contributed by atoms with Gasteiger partial charge in [-0.3, -0.25) is 13.9 Å². The largest absolute Gasteiger partial charge is 0.352 e. The number of sulfonamides is 1. The van der Waals surface area contributed by atoms with Crippen molar-refractivity contribution in [3.63, 3.8) is 0 Å². The number of benzene rings is 3. The lowest BCUT2D eigenvalue weighted by molar-refractivity contribution is -0.140. The molecule has 0 aromatic heterocycles. The molecular weight excluding hydrogens is 510 g/mol. The Hall–Kier alpha value is -3.65. The van der Waals surface area contributed by atoms with Crippen molar-refractivity contribution < 1.29 is 18.0 Å². The average Bonchev–Trinajstić information content (AvgIpc) is 2.93. The highest BCUT2D eigenvalue weighted by molar-refractivity contribution is 7.92. The number of para-hydroxylation sites is 1. The van der Waals surface area contributed by atoms with E-state index in [1.54, 1.807) is 54.6 Å². The number of anilines is 1. The Bertz CT molecular complexity index is 1360. The topological polar surface area (TPSA) is 86.8 Å². The molecular formula is C31H39N3O4S. The first-order valence-corrected chi connectivity index (χ1v) is 14.8. The Morgan fingerprint density at radius 3 is 2.05 bits per heavy atom. The molecule has 0 radical (unpaired) electrons. The van der Waals surface area contributed by atoms with Crippen LogP contribution in [-0.4, -0.2) is 43.8 Å². The van der Waals surface area contributed by atoms with Gasteiger partial charge in [0.25, 0.3) is 10.0 Å². The summed E-state index contributed by atoms with van der Waals surface area (Å²) < 4.78 is 28.8. The van der Waals surface area contributed by atoms with Crippen molar-refractivity contribution in [3.8, 4) is 0 Å². The lowest BCUT2D eigenvalue weighted by Crippen LogP contribution is -2.53. The Kier molecular flexibility index (Phi) is 10.3. The number of hydrogen-bond acceptors (Lipinski definition) is 4. The molecule has 39 heavy (non-hydrogen) atoms. The minimum atomic E-state index is -4.07. The molecule has 0 saturated heterocycles. The van der Waals surface area contributed by atoms with Gasteiger partial charge in [0.15, 0.2) is 0 Å². The Balaban J connectivity index is 2.04. The molecule has 0 spiro atoms. The minimum absolute atomic E-state index is 0.0512. The molecule has 0 aliphatic heterocycles. The highest BCUT2D eigenvalue weighted by Crippen LogP contribution is 2.25. The summed E-state index contributed by atoms with van der Waals surface area (Å²) in [4.78, 5) is 29.0. The SMILES string of the molecule is CC[C@H](C(=O)N[C@@H](C)CC)N(Cc1ccccc1C)C(=O)CN(c1ccccc1)S(=O)(=O)c1ccc(C)cc1. The van der Waals surface area contributed by atoms with Crippen LogP contribution in [-0.2, 0) is 26.2 Å². The van der Waals surface area contributed by atoms with Crippen LogP contribution < -0.4 is 9.62 Å². The standard InChI is InChI=1S/C31H39N3O4S/c1-6-25(5)32-31(36)29(7-2)33(21-26-14-12-11-13-24(26)4)30(35)22-34(27-15-9-8-10-16-27)39(37,38)28-19-17-23(3)18-20-28/h8-20,25,29H,6-7,21-22H2,1-5H3,(H,32,36)/t25-,29+/m0/s1. The van der Waals surface area contributed by atoms with E-state index in [-0.39, 0.29) is 23.4 Å². The van der Waals surface area contributed by atoms with Crippen LogP contribution in [0.3, 0.4) is 0 Å². The third-order valence-electron chi connectivity index (χ3n) is 6.92. The zero-order valence-electron chi connectivity index (χ0n) is 23.4. The summed E-state index contributed by atoms with van der Waals surface area (Å²) in [6.45, 7) is 9.34. The number of carbonyl (C=O) groups excluding carboxylic acids is 2. The van der Waals surface area contributed by atoms with Gasteiger partial charge in [-0.05, 0) is 69.0 Å². The first-order chi connectivity index (χ1) is 18.6. The van der Waals surface area contributed by atoms with Crippen molar-refractivity contribution >= 4 is 27.5 Å². The van der Waals surface area contributed by atoms with E-state index in [2.05, 4.69) is 5.32 Å². The van der Waals surface area contributed by atoms with Crippen molar-refractivity contribution in [2.45, 2.75) is 71.0 Å². The van der Waals surface area contributed by atoms with Crippen LogP contribution in [0.5, 0.6) is 0 Å². The monoisotopic (exact) mass is 549 g/mol. The lowest BCUT2D eigenvalue weighted by atomic mass is 10.1. The third-order valence-corrected chi connectivity index (χ3v) is 8.71. The van der Waals surface area contributed by atoms with Crippen LogP contribution in [0.1, 0.15) is 50.3 Å². The van der Waals surface area contributed by atoms with Crippen LogP contribution in [0.2, 0.25) is 0 Å². The quantitative estimate of drug-likeness (QED) is 0.336. The molecule has 2 atom stereocenters. The van der Waals surface area contributed by atoms with E-state index in [1.165, 1.54) is 4.90 Å². The Labute approximate surface area is 232 Å². The van der Waals surface area contributed by atoms with Gasteiger partial charge >= 0.3 is 0 Å². The van der Waals surface area contributed by atoms with E-state index in [9.17, 15) is 18.0 Å². The smallest absolute Gasteiger partial charge is 0.264 e. The predicted octanol–water partition coefficient (Wildman–Crippen LogP) is 5.22. The van der Waals surface area contributed by atoms with Gasteiger partial charge in [-0.2, -0.15) is 0 Å². The summed E-state index contributed by atoms with van der Waals surface area (Å²) in [5.41, 5.74) is 3.19. The molecule has 1 N–H and O–H groups in total. The van der Waals surface area contributed by atoms with Gasteiger partial charge < -0.3 is 10.2 Å². The van der Waals surface area contributed by atoms with Crippen molar-refractivity contribution in [1.29, 1.82) is 0 Å². The van der Waals surface area contributed by atoms with Gasteiger partial charge in [0, 0.05) is 12.6 Å². The maximum Gasteiger partial charge on any atom is 0.264 e. The van der Waals surface area contributed by atoms with E-state index in [0.717, 1.165) is 27.4 Å². The third kappa shape index (κ3) is 7.47. The molecule has 0 bridgehead atoms. The molecule has 208 valence electrons. The highest BCUT2D eigenvalue weighted by Gasteiger charge is 2.34. The molecule has 8 heteroatoms. The Morgan fingerprint density at radius 2 is 1.46 bits per heavy atom. The van der Waals surface area contributed by atoms with Gasteiger partial charge in [-0.1, -0.05) is 74.0 Å². The van der Waals surface area contributed by atoms with E-state index in [1.807, 2.05) is 58.9 Å². The number of carbonyl (C=O) groups is 2. The molecule has 0 heterocycles. The normalized spacial score (nSPS) is 12.8. The second-order valence-corrected chi connectivity index (χ2v) is 11.7. The van der Waals surface area contributed by atoms with Gasteiger partial charge in [0.2, 0.25) is 11.8 Å². The van der Waals surface area contributed by atoms with Gasteiger partial charge in [-0.15, -0.1) is 0 Å². The van der Waals surface area contributed by atoms with E-state index >= 15 is 0 Å². The molecule has 0 unspecified atom stereocenters. The summed E-state index contributed by atoms with van der Waals surface area (Å²) in [7, 11) is -4.07. The Morgan fingerprint density at radius 1 is 0.846 bits per heavy atom. The second-order valence-electron chi connectivity index (χ2n) is 9.85. The van der Waals surface area contributed by atoms with Crippen LogP contribution >= 0.6 is 0 Å². The molecule has 0 aliphatic rings. The fraction of sp³-hybridized carbons (Fsp3) is 0.355. The number of nitrogens with zero attached hydrogens (tertiary/aromatic N) is 2. The van der Waals surface area contributed by atoms with E-state index in [0.29, 0.717) is 12.1 Å². The summed E-state index contributed by atoms with van der Waals surface area (Å²) in [5.74, 6) is -0.703. The summed E-state index contributed by atoms with van der Waals surface area (Å²) >= 11 is 0. The zero-order valence-corrected chi connectivity index (χ0v) is 24.2. The molecule has 0 saturated carbocycles. The number of nitrogens with one attached hydrogen (secondary N) is 1. The predicted molar refractivity (Wildman–Crippen MR) is 156 cm³/mol. The molecule has 3 rings (SSSR count). The summed E-state index contributed by atoms with van der Waals surface area (Å²) in [6.07, 6.45) is 1.14. The van der Waals surface area contributed by atoms with E-state index in [4.69, 9.17) is 0 Å². The number of hydrogen-bond donors (Lipinski definition) is 1. The fourth-order valence-corrected chi connectivity index (χ4v) is 5.71. The maximum atomic E-state index is 14.1. The van der Waals surface area contributed by atoms with Gasteiger partial charge in [0.05, 0.1) is 10.6 Å². The first-order valence-electron chi connectivity index (χ1n) is 13.4. The molecule has 3 aromatic carbocycles. The minimum Gasteiger partial charge on any atom is -0.352 e. The zero-order chi connectivity index (χ0) is 28.6. The van der Waals surface area contributed by atoms with Crippen LogP contribution in [0, 0.1) is 13.8 Å². The van der Waals surface area contributed by atoms with Crippen molar-refractivity contribution in [3.05, 3.63) is 95.6 Å². The van der Waals surface area contributed by atoms with Gasteiger partial charge in [-0.25, -0.2) is 8.42 Å². The average molecular weight is 550 g/mol. The lowest BCUT2D eigenvalue weighted by Gasteiger charge is -2.34. The number of amides is 2. The van der Waals surface area contributed by atoms with Crippen molar-refractivity contribution in [2.75, 3.05) is 10.8 Å². The van der Waals surface area contributed by atoms with Crippen molar-refractivity contribution in [2.24, 2.45) is 0 Å². The fourth-order valence-electron chi connectivity index (χ4n) is 4.29. The van der Waals surface area contributed by atoms with Crippen LogP contribution in [0.4, 0.5) is 5.69 Å². The molecule has 3 aromatic rings. The molecule has 0 fully saturated rings. The van der Waals surface area contributed by atoms with E-state index < -0.39 is 28.5 Å². The summed E-state index contributed by atoms with van der Waals surface area (Å²) in [6, 6.07) is 22.0. The second kappa shape index (κ2) is 13.4. The molecule has 2 amide bonds. The number of aryl methyl sites for hydroxylation is 2. The van der Waals surface area contributed by atoms with Gasteiger partial charge in [0.1, 0.15) is 12.6 Å².